The van der Waals surface area contributed by atoms with Gasteiger partial charge in [-0.25, -0.2) is 9.69 Å². The van der Waals surface area contributed by atoms with Crippen LogP contribution in [0.3, 0.4) is 0 Å². The molecule has 1 aromatic carbocycles. The standard InChI is InChI=1S/C15H18ClN3O.ClH/c1-3-4-8-18-15(20)19(2)14-7-9-17-13-10-11(16)5-6-12(13)14;/h5-7,9-10H,3-4,8H2,1-2H3,(H,18,20);1H. The number of rotatable bonds is 4. The third kappa shape index (κ3) is 4.30. The highest BCUT2D eigenvalue weighted by Crippen LogP contribution is 2.21. The lowest BCUT2D eigenvalue weighted by molar-refractivity contribution is -0.716. The summed E-state index contributed by atoms with van der Waals surface area (Å²) in [6.07, 6.45) is 3.76. The summed E-state index contributed by atoms with van der Waals surface area (Å²) in [5.41, 5.74) is 1.70. The molecule has 6 heteroatoms. The van der Waals surface area contributed by atoms with Crippen LogP contribution in [0.2, 0.25) is 5.02 Å². The predicted molar refractivity (Wildman–Crippen MR) is 81.6 cm³/mol. The zero-order valence-corrected chi connectivity index (χ0v) is 13.6. The second-order valence-electron chi connectivity index (χ2n) is 4.75. The maximum Gasteiger partial charge on any atom is 0.419 e. The van der Waals surface area contributed by atoms with Crippen LogP contribution >= 0.6 is 11.6 Å². The van der Waals surface area contributed by atoms with E-state index in [2.05, 4.69) is 17.2 Å². The van der Waals surface area contributed by atoms with Gasteiger partial charge in [0.2, 0.25) is 0 Å². The lowest BCUT2D eigenvalue weighted by Gasteiger charge is -2.13. The van der Waals surface area contributed by atoms with Crippen LogP contribution in [-0.2, 0) is 0 Å². The van der Waals surface area contributed by atoms with E-state index in [0.29, 0.717) is 16.5 Å². The van der Waals surface area contributed by atoms with Gasteiger partial charge in [-0.05, 0) is 24.6 Å². The summed E-state index contributed by atoms with van der Waals surface area (Å²) >= 11 is 5.97. The number of amides is 2. The van der Waals surface area contributed by atoms with Gasteiger partial charge in [0.25, 0.3) is 0 Å². The molecule has 0 saturated heterocycles. The number of aromatic nitrogens is 1. The van der Waals surface area contributed by atoms with E-state index < -0.39 is 0 Å². The molecule has 0 aliphatic heterocycles. The van der Waals surface area contributed by atoms with Crippen LogP contribution in [0.15, 0.2) is 30.5 Å². The number of urea groups is 1. The summed E-state index contributed by atoms with van der Waals surface area (Å²) in [5, 5.41) is 4.53. The fourth-order valence-electron chi connectivity index (χ4n) is 2.08. The molecule has 2 N–H and O–H groups in total. The lowest BCUT2D eigenvalue weighted by atomic mass is 10.2. The van der Waals surface area contributed by atoms with Crippen LogP contribution in [0.5, 0.6) is 0 Å². The van der Waals surface area contributed by atoms with E-state index in [1.165, 1.54) is 0 Å². The third-order valence-corrected chi connectivity index (χ3v) is 3.50. The molecule has 114 valence electrons. The van der Waals surface area contributed by atoms with Gasteiger partial charge in [-0.15, -0.1) is 0 Å². The molecular weight excluding hydrogens is 309 g/mol. The van der Waals surface area contributed by atoms with E-state index in [9.17, 15) is 4.79 Å². The normalized spacial score (nSPS) is 11.8. The number of unbranched alkanes of at least 4 members (excludes halogenated alkanes) is 1. The number of halogens is 2. The van der Waals surface area contributed by atoms with Crippen LogP contribution in [0.1, 0.15) is 19.8 Å². The van der Waals surface area contributed by atoms with E-state index in [0.717, 1.165) is 29.4 Å². The highest BCUT2D eigenvalue weighted by molar-refractivity contribution is 6.31. The van der Waals surface area contributed by atoms with E-state index in [4.69, 9.17) is 11.6 Å². The summed E-state index contributed by atoms with van der Waals surface area (Å²) in [5.74, 6) is 0. The minimum Gasteiger partial charge on any atom is -1.00 e. The predicted octanol–water partition coefficient (Wildman–Crippen LogP) is -0.452. The zero-order valence-electron chi connectivity index (χ0n) is 12.1. The molecule has 1 unspecified atom stereocenters. The lowest BCUT2D eigenvalue weighted by Crippen LogP contribution is -3.08. The number of nitrogens with one attached hydrogen (secondary N) is 2. The van der Waals surface area contributed by atoms with Gasteiger partial charge in [0.05, 0.1) is 18.0 Å². The van der Waals surface area contributed by atoms with E-state index in [1.807, 2.05) is 31.3 Å². The maximum atomic E-state index is 12.1. The average molecular weight is 328 g/mol. The van der Waals surface area contributed by atoms with Gasteiger partial charge in [0.15, 0.2) is 5.69 Å². The number of benzene rings is 1. The summed E-state index contributed by atoms with van der Waals surface area (Å²) in [4.78, 5) is 17.1. The zero-order chi connectivity index (χ0) is 14.5. The first-order valence-electron chi connectivity index (χ1n) is 6.80. The van der Waals surface area contributed by atoms with Crippen molar-refractivity contribution in [2.75, 3.05) is 13.6 Å². The summed E-state index contributed by atoms with van der Waals surface area (Å²) in [6.45, 7) is 2.81. The molecular formula is C15H19Cl2N3O. The monoisotopic (exact) mass is 327 g/mol. The third-order valence-electron chi connectivity index (χ3n) is 3.27. The van der Waals surface area contributed by atoms with Crippen LogP contribution in [-0.4, -0.2) is 24.6 Å². The van der Waals surface area contributed by atoms with E-state index >= 15 is 0 Å². The number of fused-ring (bicyclic) bond motifs is 1. The smallest absolute Gasteiger partial charge is 0.419 e. The number of hydrogen-bond acceptors (Lipinski definition) is 2. The number of carbonyl (C=O) groups is 1. The minimum atomic E-state index is -0.0269. The highest BCUT2D eigenvalue weighted by atomic mass is 35.5. The largest absolute Gasteiger partial charge is 1.00 e. The van der Waals surface area contributed by atoms with Gasteiger partial charge in [0.1, 0.15) is 0 Å². The Bertz CT molecular complexity index is 619. The number of carbonyl (C=O) groups excluding carboxylic acids is 1. The molecule has 0 saturated carbocycles. The highest BCUT2D eigenvalue weighted by Gasteiger charge is 2.19. The Morgan fingerprint density at radius 3 is 2.86 bits per heavy atom. The fraction of sp³-hybridized carbons (Fsp3) is 0.333. The second-order valence-corrected chi connectivity index (χ2v) is 5.19. The van der Waals surface area contributed by atoms with Gasteiger partial charge < -0.3 is 17.7 Å². The van der Waals surface area contributed by atoms with Gasteiger partial charge >= 0.3 is 6.03 Å². The van der Waals surface area contributed by atoms with Crippen molar-refractivity contribution in [1.29, 1.82) is 0 Å². The Morgan fingerprint density at radius 2 is 2.14 bits per heavy atom. The molecule has 21 heavy (non-hydrogen) atoms. The van der Waals surface area contributed by atoms with Crippen molar-refractivity contribution in [3.8, 4) is 0 Å². The quantitative estimate of drug-likeness (QED) is 0.747. The summed E-state index contributed by atoms with van der Waals surface area (Å²) < 4.78 is 0. The molecule has 1 aromatic heterocycles. The Morgan fingerprint density at radius 1 is 1.38 bits per heavy atom. The second kappa shape index (κ2) is 8.17. The molecule has 0 bridgehead atoms. The van der Waals surface area contributed by atoms with Gasteiger partial charge in [0, 0.05) is 23.8 Å². The first-order valence-corrected chi connectivity index (χ1v) is 7.17. The van der Waals surface area contributed by atoms with Crippen molar-refractivity contribution in [1.82, 2.24) is 10.3 Å². The van der Waals surface area contributed by atoms with E-state index in [1.54, 1.807) is 6.20 Å². The first kappa shape index (κ1) is 17.7. The first-order chi connectivity index (χ1) is 9.63. The molecule has 2 rings (SSSR count). The Kier molecular flexibility index (Phi) is 6.89. The van der Waals surface area contributed by atoms with Crippen molar-refractivity contribution in [3.63, 3.8) is 0 Å². The minimum absolute atomic E-state index is 0. The van der Waals surface area contributed by atoms with Crippen molar-refractivity contribution >= 4 is 34.2 Å². The maximum absolute atomic E-state index is 12.1. The van der Waals surface area contributed by atoms with Gasteiger partial charge in [-0.2, -0.15) is 0 Å². The van der Waals surface area contributed by atoms with E-state index in [-0.39, 0.29) is 18.4 Å². The SMILES string of the molecule is CCCCNC(=O)[NH+](C)c1ccnc2cc(Cl)ccc12.[Cl-]. The topological polar surface area (TPSA) is 46.4 Å². The fourth-order valence-corrected chi connectivity index (χ4v) is 2.25. The molecule has 2 aromatic rings. The van der Waals surface area contributed by atoms with Gasteiger partial charge in [-0.1, -0.05) is 24.9 Å². The summed E-state index contributed by atoms with van der Waals surface area (Å²) in [7, 11) is 1.84. The molecule has 0 spiro atoms. The number of quaternary nitrogens is 1. The van der Waals surface area contributed by atoms with Crippen LogP contribution in [0.25, 0.3) is 10.9 Å². The molecule has 0 fully saturated rings. The van der Waals surface area contributed by atoms with Crippen LogP contribution in [0.4, 0.5) is 10.5 Å². The van der Waals surface area contributed by atoms with Crippen molar-refractivity contribution in [3.05, 3.63) is 35.5 Å². The Labute approximate surface area is 135 Å². The molecule has 0 aliphatic carbocycles. The number of pyridine rings is 1. The molecule has 1 heterocycles. The molecule has 0 radical (unpaired) electrons. The molecule has 4 nitrogen and oxygen atoms in total. The average Bonchev–Trinajstić information content (AvgIpc) is 2.45. The summed E-state index contributed by atoms with van der Waals surface area (Å²) in [6, 6.07) is 7.37. The molecule has 0 aliphatic rings. The van der Waals surface area contributed by atoms with Gasteiger partial charge in [-0.3, -0.25) is 4.98 Å². The van der Waals surface area contributed by atoms with Crippen molar-refractivity contribution in [2.24, 2.45) is 0 Å². The number of hydrogen-bond donors (Lipinski definition) is 2. The van der Waals surface area contributed by atoms with Crippen molar-refractivity contribution in [2.45, 2.75) is 19.8 Å². The molecule has 1 atom stereocenters. The van der Waals surface area contributed by atoms with Crippen molar-refractivity contribution < 1.29 is 22.1 Å². The van der Waals surface area contributed by atoms with Crippen LogP contribution < -0.4 is 22.6 Å². The Balaban J connectivity index is 0.00000220. The Hall–Kier alpha value is -1.36. The van der Waals surface area contributed by atoms with Crippen LogP contribution in [0, 0.1) is 0 Å². The molecule has 2 amide bonds. The number of nitrogens with zero attached hydrogens (tertiary/aromatic N) is 1.